The van der Waals surface area contributed by atoms with Crippen molar-refractivity contribution >= 4 is 54.9 Å². The monoisotopic (exact) mass is 1180 g/mol. The fourth-order valence-electron chi connectivity index (χ4n) is 11.0. The number of aromatic amines is 2. The zero-order valence-electron chi connectivity index (χ0n) is 55.4. The highest BCUT2D eigenvalue weighted by atomic mass is 16.4. The van der Waals surface area contributed by atoms with Gasteiger partial charge in [-0.25, -0.2) is 15.0 Å². The number of pyridine rings is 1. The molecule has 0 atom stereocenters. The van der Waals surface area contributed by atoms with Gasteiger partial charge in [-0.3, -0.25) is 4.98 Å². The summed E-state index contributed by atoms with van der Waals surface area (Å²) >= 11 is 0. The number of hydrogen-bond donors (Lipinski definition) is 2. The molecule has 0 spiro atoms. The van der Waals surface area contributed by atoms with E-state index in [-0.39, 0.29) is 27.1 Å². The first-order valence-corrected chi connectivity index (χ1v) is 31.6. The number of nitrogens with one attached hydrogen (secondary N) is 2. The highest BCUT2D eigenvalue weighted by Gasteiger charge is 2.22. The molecular formula is C81H90N6O2. The van der Waals surface area contributed by atoms with Crippen molar-refractivity contribution in [1.29, 1.82) is 0 Å². The van der Waals surface area contributed by atoms with Crippen LogP contribution >= 0.6 is 0 Å². The van der Waals surface area contributed by atoms with Gasteiger partial charge in [0.15, 0.2) is 11.2 Å². The van der Waals surface area contributed by atoms with Crippen LogP contribution < -0.4 is 0 Å². The molecule has 0 saturated carbocycles. The zero-order valence-corrected chi connectivity index (χ0v) is 55.4. The lowest BCUT2D eigenvalue weighted by atomic mass is 9.86. The molecule has 0 unspecified atom stereocenters. The van der Waals surface area contributed by atoms with Gasteiger partial charge in [0.1, 0.15) is 16.9 Å². The second kappa shape index (κ2) is 25.7. The first-order valence-electron chi connectivity index (χ1n) is 31.6. The lowest BCUT2D eigenvalue weighted by Crippen LogP contribution is -2.12. The molecule has 0 saturated heterocycles. The summed E-state index contributed by atoms with van der Waals surface area (Å²) in [4.78, 5) is 25.4. The minimum atomic E-state index is 0.121. The molecule has 8 heteroatoms. The number of aromatic nitrogens is 6. The summed E-state index contributed by atoms with van der Waals surface area (Å²) in [6, 6.07) is 64.8. The molecule has 5 heterocycles. The van der Waals surface area contributed by atoms with Crippen LogP contribution in [0.3, 0.4) is 0 Å². The first kappa shape index (κ1) is 63.1. The Morgan fingerprint density at radius 1 is 0.393 bits per heavy atom. The Labute approximate surface area is 527 Å². The van der Waals surface area contributed by atoms with Gasteiger partial charge >= 0.3 is 0 Å². The van der Waals surface area contributed by atoms with E-state index in [0.717, 1.165) is 61.4 Å². The number of fused-ring (bicyclic) bond motifs is 7. The predicted molar refractivity (Wildman–Crippen MR) is 375 cm³/mol. The average molecular weight is 1180 g/mol. The Hall–Kier alpha value is -8.88. The van der Waals surface area contributed by atoms with Gasteiger partial charge in [0.05, 0.1) is 11.0 Å². The number of rotatable bonds is 3. The van der Waals surface area contributed by atoms with Crippen molar-refractivity contribution in [2.45, 2.75) is 164 Å². The molecule has 89 heavy (non-hydrogen) atoms. The summed E-state index contributed by atoms with van der Waals surface area (Å²) in [5.74, 6) is 2.31. The van der Waals surface area contributed by atoms with Crippen molar-refractivity contribution in [3.8, 4) is 34.3 Å². The molecule has 13 aromatic rings. The Kier molecular flexibility index (Phi) is 18.2. The largest absolute Gasteiger partial charge is 0.436 e. The topological polar surface area (TPSA) is 109 Å². The number of hydrogen-bond acceptors (Lipinski definition) is 6. The fourth-order valence-corrected chi connectivity index (χ4v) is 11.0. The lowest BCUT2D eigenvalue weighted by molar-refractivity contribution is 0.570. The summed E-state index contributed by atoms with van der Waals surface area (Å²) in [6.45, 7) is 35.3. The maximum absolute atomic E-state index is 5.89. The fraction of sp³-hybridized carbons (Fsp3) is 0.309. The van der Waals surface area contributed by atoms with Gasteiger partial charge in [-0.05, 0) is 160 Å². The van der Waals surface area contributed by atoms with E-state index in [4.69, 9.17) is 8.83 Å². The molecule has 14 rings (SSSR count). The van der Waals surface area contributed by atoms with Crippen LogP contribution in [0.4, 0.5) is 0 Å². The molecule has 1 aliphatic carbocycles. The van der Waals surface area contributed by atoms with Gasteiger partial charge in [-0.15, -0.1) is 0 Å². The molecule has 0 bridgehead atoms. The van der Waals surface area contributed by atoms with E-state index in [0.29, 0.717) is 11.8 Å². The molecule has 456 valence electrons. The zero-order chi connectivity index (χ0) is 63.5. The number of nitrogens with zero attached hydrogens (tertiary/aromatic N) is 4. The highest BCUT2D eigenvalue weighted by Crippen LogP contribution is 2.35. The van der Waals surface area contributed by atoms with Gasteiger partial charge in [-0.1, -0.05) is 225 Å². The van der Waals surface area contributed by atoms with E-state index in [1.54, 1.807) is 5.56 Å². The Morgan fingerprint density at radius 2 is 0.888 bits per heavy atom. The molecule has 0 fully saturated rings. The van der Waals surface area contributed by atoms with E-state index in [2.05, 4.69) is 244 Å². The third kappa shape index (κ3) is 15.3. The van der Waals surface area contributed by atoms with Crippen LogP contribution in [-0.2, 0) is 39.9 Å². The Bertz CT molecular complexity index is 4390. The van der Waals surface area contributed by atoms with Crippen LogP contribution in [0, 0.1) is 6.92 Å². The molecule has 5 aromatic heterocycles. The standard InChI is InChI=1S/C18H19NO.C17H18N2.C17H17NO.C16H21N.C13H15N/c1-12-7-5-6-8-14(12)17-19-15-11-13(18(2,3)4)9-10-16(15)20-17;1-17(2,3)13-9-10-14-15(11-13)19-16(18-14)12-7-5-4-6-8-12;1-17(2,3)13-9-10-15-14(11-13)18-16(19-15)12-7-5-4-6-8-12;1-16(2,3)11-8-9-13-12-6-4-5-7-14(12)17-15(13)10-11;1-13(2,3)12-8-10-6-4-5-7-11(10)9-14-12/h5-11H,1-4H3;4-11H,1-3H3,(H,18,19);4-11H,1-3H3;8-10,17H,4-7H2,1-3H3;4-9H,1-3H3. The third-order valence-electron chi connectivity index (χ3n) is 16.7. The van der Waals surface area contributed by atoms with Crippen LogP contribution in [0.1, 0.15) is 161 Å². The predicted octanol–water partition coefficient (Wildman–Crippen LogP) is 22.3. The summed E-state index contributed by atoms with van der Waals surface area (Å²) in [5, 5.41) is 3.93. The van der Waals surface area contributed by atoms with Crippen molar-refractivity contribution in [2.75, 3.05) is 0 Å². The average Bonchev–Trinajstić information content (AvgIpc) is 2.47. The maximum atomic E-state index is 5.89. The van der Waals surface area contributed by atoms with Gasteiger partial charge in [0.2, 0.25) is 11.8 Å². The highest BCUT2D eigenvalue weighted by molar-refractivity contribution is 5.86. The number of aryl methyl sites for hydroxylation is 3. The molecule has 1 aliphatic rings. The van der Waals surface area contributed by atoms with Crippen molar-refractivity contribution in [1.82, 2.24) is 29.9 Å². The van der Waals surface area contributed by atoms with Crippen molar-refractivity contribution in [3.05, 3.63) is 239 Å². The van der Waals surface area contributed by atoms with Crippen molar-refractivity contribution in [3.63, 3.8) is 0 Å². The van der Waals surface area contributed by atoms with Gasteiger partial charge < -0.3 is 18.8 Å². The van der Waals surface area contributed by atoms with Crippen LogP contribution in [0.15, 0.2) is 203 Å². The molecule has 0 amide bonds. The lowest BCUT2D eigenvalue weighted by Gasteiger charge is -2.18. The van der Waals surface area contributed by atoms with E-state index in [1.807, 2.05) is 91.1 Å². The number of H-pyrrole nitrogens is 2. The summed E-state index contributed by atoms with van der Waals surface area (Å²) < 4.78 is 11.7. The van der Waals surface area contributed by atoms with E-state index < -0.39 is 0 Å². The molecule has 0 aliphatic heterocycles. The quantitative estimate of drug-likeness (QED) is 0.182. The molecule has 2 N–H and O–H groups in total. The van der Waals surface area contributed by atoms with Crippen molar-refractivity contribution < 1.29 is 8.83 Å². The van der Waals surface area contributed by atoms with Crippen LogP contribution in [-0.4, -0.2) is 29.9 Å². The van der Waals surface area contributed by atoms with Gasteiger partial charge in [0.25, 0.3) is 0 Å². The van der Waals surface area contributed by atoms with Crippen LogP contribution in [0.5, 0.6) is 0 Å². The third-order valence-corrected chi connectivity index (χ3v) is 16.7. The van der Waals surface area contributed by atoms with Crippen LogP contribution in [0.2, 0.25) is 0 Å². The minimum Gasteiger partial charge on any atom is -0.436 e. The molecule has 0 radical (unpaired) electrons. The number of benzene rings is 8. The van der Waals surface area contributed by atoms with E-state index >= 15 is 0 Å². The molecule has 8 nitrogen and oxygen atoms in total. The van der Waals surface area contributed by atoms with Gasteiger partial charge in [0, 0.05) is 56.0 Å². The number of oxazole rings is 2. The molecule has 8 aromatic carbocycles. The van der Waals surface area contributed by atoms with Gasteiger partial charge in [-0.2, -0.15) is 0 Å². The number of imidazole rings is 1. The summed E-state index contributed by atoms with van der Waals surface area (Å²) in [7, 11) is 0. The SMILES string of the molecule is CC(C)(C)c1cc2ccccc2cn1.CC(C)(C)c1ccc2c3c([nH]c2c1)CCCC3.CC(C)(C)c1ccc2nc(-c3ccccc3)[nH]c2c1.CC(C)(C)c1ccc2oc(-c3ccccc3)nc2c1.Cc1ccccc1-c1nc2cc(C(C)(C)C)ccc2o1. The summed E-state index contributed by atoms with van der Waals surface area (Å²) in [5.41, 5.74) is 21.6. The van der Waals surface area contributed by atoms with Crippen LogP contribution in [0.25, 0.3) is 89.2 Å². The smallest absolute Gasteiger partial charge is 0.227 e. The normalized spacial score (nSPS) is 12.8. The first-order chi connectivity index (χ1) is 42.2. The second-order valence-electron chi connectivity index (χ2n) is 29.0. The van der Waals surface area contributed by atoms with E-state index in [9.17, 15) is 0 Å². The van der Waals surface area contributed by atoms with E-state index in [1.165, 1.54) is 80.9 Å². The van der Waals surface area contributed by atoms with Crippen molar-refractivity contribution in [2.24, 2.45) is 0 Å². The Morgan fingerprint density at radius 3 is 1.48 bits per heavy atom. The minimum absolute atomic E-state index is 0.121. The Balaban J connectivity index is 0.000000123. The second-order valence-corrected chi connectivity index (χ2v) is 29.0. The summed E-state index contributed by atoms with van der Waals surface area (Å²) in [6.07, 6.45) is 7.13. The maximum Gasteiger partial charge on any atom is 0.227 e. The molecular weight excluding hydrogens is 1090 g/mol.